The molecule has 0 saturated carbocycles. The predicted octanol–water partition coefficient (Wildman–Crippen LogP) is 6.33. The first-order valence-electron chi connectivity index (χ1n) is 8.70. The van der Waals surface area contributed by atoms with Crippen LogP contribution in [0.3, 0.4) is 0 Å². The van der Waals surface area contributed by atoms with E-state index in [0.717, 1.165) is 51.4 Å². The molecule has 0 aromatic rings. The molecule has 6 nitrogen and oxygen atoms in total. The maximum Gasteiger partial charge on any atom is 0.368 e. The van der Waals surface area contributed by atoms with Crippen molar-refractivity contribution in [2.45, 2.75) is 65.2 Å². The van der Waals surface area contributed by atoms with Gasteiger partial charge in [-0.3, -0.25) is 9.13 Å². The maximum absolute atomic E-state index is 13.1. The first kappa shape index (κ1) is 24.0. The highest BCUT2D eigenvalue weighted by Crippen LogP contribution is 2.72. The van der Waals surface area contributed by atoms with Crippen LogP contribution in [0.4, 0.5) is 0 Å². The highest BCUT2D eigenvalue weighted by atomic mass is 31.2. The number of hydrogen-bond donors (Lipinski definition) is 0. The van der Waals surface area contributed by atoms with E-state index >= 15 is 0 Å². The normalized spacial score (nSPS) is 12.5. The largest absolute Gasteiger partial charge is 0.368 e. The Labute approximate surface area is 147 Å². The van der Waals surface area contributed by atoms with Gasteiger partial charge in [-0.15, -0.1) is 0 Å². The van der Waals surface area contributed by atoms with Crippen molar-refractivity contribution in [3.05, 3.63) is 11.6 Å². The summed E-state index contributed by atoms with van der Waals surface area (Å²) < 4.78 is 46.3. The van der Waals surface area contributed by atoms with Gasteiger partial charge in [0.1, 0.15) is 5.06 Å². The quantitative estimate of drug-likeness (QED) is 0.229. The van der Waals surface area contributed by atoms with Crippen molar-refractivity contribution in [1.29, 1.82) is 0 Å². The van der Waals surface area contributed by atoms with E-state index in [1.165, 1.54) is 14.2 Å². The van der Waals surface area contributed by atoms with Gasteiger partial charge < -0.3 is 18.1 Å². The second kappa shape index (κ2) is 13.3. The summed E-state index contributed by atoms with van der Waals surface area (Å²) in [6.07, 6.45) is 7.84. The summed E-state index contributed by atoms with van der Waals surface area (Å²) in [7, 11) is -5.04. The Morgan fingerprint density at radius 2 is 1.17 bits per heavy atom. The van der Waals surface area contributed by atoms with Crippen LogP contribution in [0.5, 0.6) is 0 Å². The molecular weight excluding hydrogens is 350 g/mol. The van der Waals surface area contributed by atoms with Gasteiger partial charge in [0.2, 0.25) is 0 Å². The molecule has 0 aromatic heterocycles. The standard InChI is InChI=1S/C16H34O6P2/c1-6-8-10-12-14-21-24(18,22-15-13-11-9-7-2)16(3)23(17,19-4)20-5/h3,6-15H2,1-2,4-5H3. The molecule has 24 heavy (non-hydrogen) atoms. The molecule has 0 radical (unpaired) electrons. The summed E-state index contributed by atoms with van der Waals surface area (Å²) in [4.78, 5) is 0. The summed E-state index contributed by atoms with van der Waals surface area (Å²) in [5.74, 6) is 0. The minimum atomic E-state index is -3.77. The van der Waals surface area contributed by atoms with E-state index in [2.05, 4.69) is 20.4 Å². The highest BCUT2D eigenvalue weighted by molar-refractivity contribution is 7.78. The summed E-state index contributed by atoms with van der Waals surface area (Å²) >= 11 is 0. The predicted molar refractivity (Wildman–Crippen MR) is 98.6 cm³/mol. The van der Waals surface area contributed by atoms with E-state index in [-0.39, 0.29) is 18.3 Å². The van der Waals surface area contributed by atoms with Crippen molar-refractivity contribution in [3.63, 3.8) is 0 Å². The summed E-state index contributed by atoms with van der Waals surface area (Å²) in [6.45, 7) is 8.39. The lowest BCUT2D eigenvalue weighted by Crippen LogP contribution is -2.04. The lowest BCUT2D eigenvalue weighted by Gasteiger charge is -2.24. The Kier molecular flexibility index (Phi) is 13.3. The molecule has 0 aliphatic rings. The third-order valence-electron chi connectivity index (χ3n) is 3.63. The van der Waals surface area contributed by atoms with Gasteiger partial charge >= 0.3 is 15.2 Å². The van der Waals surface area contributed by atoms with Crippen LogP contribution < -0.4 is 0 Å². The van der Waals surface area contributed by atoms with Gasteiger partial charge in [0, 0.05) is 14.2 Å². The summed E-state index contributed by atoms with van der Waals surface area (Å²) in [6, 6.07) is 0. The molecule has 8 heteroatoms. The minimum absolute atomic E-state index is 0.231. The van der Waals surface area contributed by atoms with Gasteiger partial charge in [0.05, 0.1) is 13.2 Å². The fourth-order valence-electron chi connectivity index (χ4n) is 2.05. The van der Waals surface area contributed by atoms with Crippen LogP contribution in [0.25, 0.3) is 0 Å². The molecule has 0 aliphatic carbocycles. The molecule has 0 spiro atoms. The third-order valence-corrected chi connectivity index (χ3v) is 8.37. The molecule has 0 rings (SSSR count). The van der Waals surface area contributed by atoms with E-state index in [4.69, 9.17) is 18.1 Å². The lowest BCUT2D eigenvalue weighted by molar-refractivity contribution is 0.202. The molecule has 144 valence electrons. The Morgan fingerprint density at radius 3 is 1.50 bits per heavy atom. The van der Waals surface area contributed by atoms with E-state index in [1.54, 1.807) is 0 Å². The molecule has 0 aliphatic heterocycles. The summed E-state index contributed by atoms with van der Waals surface area (Å²) in [5.41, 5.74) is 0. The zero-order chi connectivity index (χ0) is 18.5. The molecule has 0 bridgehead atoms. The van der Waals surface area contributed by atoms with Crippen molar-refractivity contribution < 1.29 is 27.2 Å². The van der Waals surface area contributed by atoms with Gasteiger partial charge in [-0.2, -0.15) is 0 Å². The van der Waals surface area contributed by atoms with Crippen LogP contribution in [-0.4, -0.2) is 27.4 Å². The van der Waals surface area contributed by atoms with Gasteiger partial charge in [-0.05, 0) is 12.8 Å². The van der Waals surface area contributed by atoms with Crippen LogP contribution in [0.1, 0.15) is 65.2 Å². The van der Waals surface area contributed by atoms with Crippen molar-refractivity contribution in [1.82, 2.24) is 0 Å². The SMILES string of the molecule is C=C(P(=O)(OC)OC)P(=O)(OCCCCCC)OCCCCCC. The molecule has 0 unspecified atom stereocenters. The van der Waals surface area contributed by atoms with E-state index in [9.17, 15) is 9.13 Å². The first-order valence-corrected chi connectivity index (χ1v) is 11.8. The van der Waals surface area contributed by atoms with Gasteiger partial charge in [0.25, 0.3) is 0 Å². The Morgan fingerprint density at radius 1 is 0.750 bits per heavy atom. The number of rotatable bonds is 16. The monoisotopic (exact) mass is 384 g/mol. The van der Waals surface area contributed by atoms with Crippen LogP contribution in [0.2, 0.25) is 0 Å². The summed E-state index contributed by atoms with van der Waals surface area (Å²) in [5, 5.41) is -0.231. The molecule has 0 saturated heterocycles. The second-order valence-electron chi connectivity index (χ2n) is 5.56. The molecule has 0 atom stereocenters. The average molecular weight is 384 g/mol. The zero-order valence-electron chi connectivity index (χ0n) is 15.6. The van der Waals surface area contributed by atoms with E-state index in [0.29, 0.717) is 0 Å². The van der Waals surface area contributed by atoms with Crippen LogP contribution in [0.15, 0.2) is 11.6 Å². The molecule has 0 N–H and O–H groups in total. The molecule has 0 aromatic carbocycles. The van der Waals surface area contributed by atoms with Crippen LogP contribution in [-0.2, 0) is 27.2 Å². The van der Waals surface area contributed by atoms with E-state index in [1.807, 2.05) is 0 Å². The zero-order valence-corrected chi connectivity index (χ0v) is 17.4. The smallest absolute Gasteiger partial charge is 0.308 e. The maximum atomic E-state index is 13.1. The van der Waals surface area contributed by atoms with Crippen molar-refractivity contribution in [3.8, 4) is 0 Å². The molecule has 0 amide bonds. The third kappa shape index (κ3) is 8.42. The van der Waals surface area contributed by atoms with Crippen molar-refractivity contribution in [2.24, 2.45) is 0 Å². The van der Waals surface area contributed by atoms with Crippen molar-refractivity contribution in [2.75, 3.05) is 27.4 Å². The molecule has 0 fully saturated rings. The van der Waals surface area contributed by atoms with E-state index < -0.39 is 15.2 Å². The fourth-order valence-corrected chi connectivity index (χ4v) is 5.77. The minimum Gasteiger partial charge on any atom is -0.308 e. The van der Waals surface area contributed by atoms with Gasteiger partial charge in [-0.25, -0.2) is 0 Å². The first-order chi connectivity index (χ1) is 11.4. The highest BCUT2D eigenvalue weighted by Gasteiger charge is 2.42. The number of hydrogen-bond acceptors (Lipinski definition) is 6. The van der Waals surface area contributed by atoms with Gasteiger partial charge in [0.15, 0.2) is 0 Å². The van der Waals surface area contributed by atoms with Crippen LogP contribution >= 0.6 is 15.2 Å². The average Bonchev–Trinajstić information content (AvgIpc) is 2.60. The van der Waals surface area contributed by atoms with Gasteiger partial charge in [-0.1, -0.05) is 59.0 Å². The Balaban J connectivity index is 4.83. The number of unbranched alkanes of at least 4 members (excludes halogenated alkanes) is 6. The Bertz CT molecular complexity index is 412. The molecule has 0 heterocycles. The fraction of sp³-hybridized carbons (Fsp3) is 0.875. The lowest BCUT2D eigenvalue weighted by atomic mass is 10.2. The molecular formula is C16H34O6P2. The van der Waals surface area contributed by atoms with Crippen LogP contribution in [0, 0.1) is 0 Å². The Hall–Kier alpha value is 0.0400. The van der Waals surface area contributed by atoms with Crippen molar-refractivity contribution >= 4 is 15.2 Å². The topological polar surface area (TPSA) is 71.1 Å². The second-order valence-corrected chi connectivity index (χ2v) is 10.2.